The van der Waals surface area contributed by atoms with Crippen LogP contribution < -0.4 is 10.9 Å². The highest BCUT2D eigenvalue weighted by Gasteiger charge is 2.10. The van der Waals surface area contributed by atoms with Crippen LogP contribution in [-0.2, 0) is 0 Å². The highest BCUT2D eigenvalue weighted by molar-refractivity contribution is 5.90. The molecule has 2 N–H and O–H groups in total. The predicted octanol–water partition coefficient (Wildman–Crippen LogP) is 2.43. The van der Waals surface area contributed by atoms with Gasteiger partial charge in [-0.05, 0) is 18.2 Å². The van der Waals surface area contributed by atoms with Crippen LogP contribution in [0.15, 0.2) is 60.0 Å². The van der Waals surface area contributed by atoms with Crippen LogP contribution in [-0.4, -0.2) is 30.1 Å². The number of aromatic nitrogens is 5. The lowest BCUT2D eigenvalue weighted by atomic mass is 10.1. The molecule has 0 radical (unpaired) electrons. The predicted molar refractivity (Wildman–Crippen MR) is 96.6 cm³/mol. The SMILES string of the molecule is CC(=O)c1ncc(Nc2ccc(-c3cc[nH]c(=O)c3)n3ccnc23)cn1. The Kier molecular flexibility index (Phi) is 3.77. The molecule has 0 bridgehead atoms. The fourth-order valence-corrected chi connectivity index (χ4v) is 2.68. The molecule has 0 saturated heterocycles. The molecule has 128 valence electrons. The van der Waals surface area contributed by atoms with E-state index in [-0.39, 0.29) is 17.2 Å². The average molecular weight is 346 g/mol. The van der Waals surface area contributed by atoms with Gasteiger partial charge in [0.2, 0.25) is 5.56 Å². The second-order valence-electron chi connectivity index (χ2n) is 5.67. The zero-order valence-electron chi connectivity index (χ0n) is 13.8. The van der Waals surface area contributed by atoms with Crippen molar-refractivity contribution in [3.05, 3.63) is 71.4 Å². The summed E-state index contributed by atoms with van der Waals surface area (Å²) in [5.74, 6) is -0.0134. The Labute approximate surface area is 147 Å². The van der Waals surface area contributed by atoms with Gasteiger partial charge < -0.3 is 10.3 Å². The van der Waals surface area contributed by atoms with Crippen LogP contribution in [0.3, 0.4) is 0 Å². The fourth-order valence-electron chi connectivity index (χ4n) is 2.68. The number of nitrogens with zero attached hydrogens (tertiary/aromatic N) is 4. The minimum atomic E-state index is -0.186. The Morgan fingerprint density at radius 3 is 2.69 bits per heavy atom. The Hall–Kier alpha value is -3.81. The van der Waals surface area contributed by atoms with Crippen molar-refractivity contribution in [2.75, 3.05) is 5.32 Å². The number of anilines is 2. The minimum absolute atomic E-state index is 0.166. The van der Waals surface area contributed by atoms with Gasteiger partial charge in [0, 0.05) is 37.1 Å². The lowest BCUT2D eigenvalue weighted by Crippen LogP contribution is -2.04. The van der Waals surface area contributed by atoms with Crippen molar-refractivity contribution in [1.29, 1.82) is 0 Å². The first-order valence-corrected chi connectivity index (χ1v) is 7.87. The zero-order chi connectivity index (χ0) is 18.1. The largest absolute Gasteiger partial charge is 0.350 e. The first-order valence-electron chi connectivity index (χ1n) is 7.87. The molecule has 0 unspecified atom stereocenters. The first-order chi connectivity index (χ1) is 12.6. The number of hydrogen-bond donors (Lipinski definition) is 2. The van der Waals surface area contributed by atoms with Crippen LogP contribution in [0.4, 0.5) is 11.4 Å². The maximum absolute atomic E-state index is 11.6. The van der Waals surface area contributed by atoms with E-state index in [1.807, 2.05) is 28.8 Å². The number of carbonyl (C=O) groups is 1. The summed E-state index contributed by atoms with van der Waals surface area (Å²) in [5.41, 5.74) is 3.56. The minimum Gasteiger partial charge on any atom is -0.350 e. The van der Waals surface area contributed by atoms with Crippen LogP contribution in [0.25, 0.3) is 16.9 Å². The number of nitrogens with one attached hydrogen (secondary N) is 2. The van der Waals surface area contributed by atoms with Crippen LogP contribution in [0.1, 0.15) is 17.5 Å². The molecule has 4 rings (SSSR count). The molecule has 4 aromatic rings. The lowest BCUT2D eigenvalue weighted by Gasteiger charge is -2.11. The van der Waals surface area contributed by atoms with E-state index in [1.165, 1.54) is 13.0 Å². The highest BCUT2D eigenvalue weighted by Crippen LogP contribution is 2.26. The van der Waals surface area contributed by atoms with E-state index in [0.717, 1.165) is 16.9 Å². The standard InChI is InChI=1S/C18H14N6O2/c1-11(25)17-21-9-13(10-22-17)23-14-2-3-15(24-7-6-20-18(14)24)12-4-5-19-16(26)8-12/h2-10,23H,1H3,(H,19,26). The molecular weight excluding hydrogens is 332 g/mol. The third-order valence-electron chi connectivity index (χ3n) is 3.87. The summed E-state index contributed by atoms with van der Waals surface area (Å²) in [6.45, 7) is 1.42. The van der Waals surface area contributed by atoms with Crippen molar-refractivity contribution in [1.82, 2.24) is 24.3 Å². The maximum Gasteiger partial charge on any atom is 0.248 e. The average Bonchev–Trinajstić information content (AvgIpc) is 3.12. The summed E-state index contributed by atoms with van der Waals surface area (Å²) in [4.78, 5) is 37.9. The van der Waals surface area contributed by atoms with E-state index < -0.39 is 0 Å². The summed E-state index contributed by atoms with van der Waals surface area (Å²) in [6, 6.07) is 7.14. The molecule has 4 aromatic heterocycles. The summed E-state index contributed by atoms with van der Waals surface area (Å²) < 4.78 is 1.89. The van der Waals surface area contributed by atoms with Gasteiger partial charge in [-0.15, -0.1) is 0 Å². The van der Waals surface area contributed by atoms with Gasteiger partial charge >= 0.3 is 0 Å². The normalized spacial score (nSPS) is 10.8. The molecule has 0 aliphatic heterocycles. The number of pyridine rings is 2. The van der Waals surface area contributed by atoms with Gasteiger partial charge in [0.05, 0.1) is 29.5 Å². The number of H-pyrrole nitrogens is 1. The molecule has 0 aliphatic rings. The Balaban J connectivity index is 1.74. The fraction of sp³-hybridized carbons (Fsp3) is 0.0556. The van der Waals surface area contributed by atoms with Crippen molar-refractivity contribution >= 4 is 22.8 Å². The topological polar surface area (TPSA) is 105 Å². The Morgan fingerprint density at radius 1 is 1.15 bits per heavy atom. The van der Waals surface area contributed by atoms with Crippen molar-refractivity contribution in [2.24, 2.45) is 0 Å². The number of ketones is 1. The molecule has 0 aromatic carbocycles. The summed E-state index contributed by atoms with van der Waals surface area (Å²) >= 11 is 0. The molecule has 0 amide bonds. The smallest absolute Gasteiger partial charge is 0.248 e. The Morgan fingerprint density at radius 2 is 1.96 bits per heavy atom. The van der Waals surface area contributed by atoms with Gasteiger partial charge in [0.15, 0.2) is 17.3 Å². The monoisotopic (exact) mass is 346 g/mol. The van der Waals surface area contributed by atoms with Gasteiger partial charge in [-0.1, -0.05) is 0 Å². The van der Waals surface area contributed by atoms with Crippen molar-refractivity contribution in [2.45, 2.75) is 6.92 Å². The van der Waals surface area contributed by atoms with E-state index in [9.17, 15) is 9.59 Å². The van der Waals surface area contributed by atoms with E-state index in [0.29, 0.717) is 11.3 Å². The molecule has 0 spiro atoms. The van der Waals surface area contributed by atoms with Crippen LogP contribution in [0, 0.1) is 0 Å². The third-order valence-corrected chi connectivity index (χ3v) is 3.87. The summed E-state index contributed by atoms with van der Waals surface area (Å²) in [5, 5.41) is 3.20. The van der Waals surface area contributed by atoms with Gasteiger partial charge in [-0.2, -0.15) is 0 Å². The molecule has 0 aliphatic carbocycles. The van der Waals surface area contributed by atoms with Gasteiger partial charge in [0.25, 0.3) is 0 Å². The molecule has 0 atom stereocenters. The van der Waals surface area contributed by atoms with E-state index >= 15 is 0 Å². The molecular formula is C18H14N6O2. The van der Waals surface area contributed by atoms with Crippen molar-refractivity contribution in [3.8, 4) is 11.3 Å². The Bertz CT molecular complexity index is 1160. The van der Waals surface area contributed by atoms with Crippen LogP contribution in [0.5, 0.6) is 0 Å². The summed E-state index contributed by atoms with van der Waals surface area (Å²) in [7, 11) is 0. The highest BCUT2D eigenvalue weighted by atomic mass is 16.1. The molecule has 26 heavy (non-hydrogen) atoms. The maximum atomic E-state index is 11.6. The summed E-state index contributed by atoms with van der Waals surface area (Å²) in [6.07, 6.45) is 8.22. The number of aromatic amines is 1. The molecule has 0 fully saturated rings. The lowest BCUT2D eigenvalue weighted by molar-refractivity contribution is 0.100. The zero-order valence-corrected chi connectivity index (χ0v) is 13.8. The van der Waals surface area contributed by atoms with Gasteiger partial charge in [-0.25, -0.2) is 15.0 Å². The van der Waals surface area contributed by atoms with Crippen LogP contribution in [0.2, 0.25) is 0 Å². The van der Waals surface area contributed by atoms with E-state index in [1.54, 1.807) is 24.8 Å². The quantitative estimate of drug-likeness (QED) is 0.550. The second-order valence-corrected chi connectivity index (χ2v) is 5.67. The number of rotatable bonds is 4. The molecule has 4 heterocycles. The number of imidazole rings is 1. The van der Waals surface area contributed by atoms with Gasteiger partial charge in [-0.3, -0.25) is 14.0 Å². The van der Waals surface area contributed by atoms with E-state index in [2.05, 4.69) is 25.3 Å². The van der Waals surface area contributed by atoms with Crippen molar-refractivity contribution in [3.63, 3.8) is 0 Å². The molecule has 8 heteroatoms. The number of fused-ring (bicyclic) bond motifs is 1. The third kappa shape index (κ3) is 2.84. The van der Waals surface area contributed by atoms with Crippen molar-refractivity contribution < 1.29 is 4.79 Å². The molecule has 0 saturated carbocycles. The number of hydrogen-bond acceptors (Lipinski definition) is 6. The molecule has 8 nitrogen and oxygen atoms in total. The van der Waals surface area contributed by atoms with E-state index in [4.69, 9.17) is 0 Å². The van der Waals surface area contributed by atoms with Gasteiger partial charge in [0.1, 0.15) is 0 Å². The first kappa shape index (κ1) is 15.7. The van der Waals surface area contributed by atoms with Crippen LogP contribution >= 0.6 is 0 Å². The number of carbonyl (C=O) groups excluding carboxylic acids is 1. The second kappa shape index (κ2) is 6.25. The number of Topliss-reactive ketones (excluding diaryl/α,β-unsaturated/α-hetero) is 1.